The predicted octanol–water partition coefficient (Wildman–Crippen LogP) is 6.13. The third-order valence-electron chi connectivity index (χ3n) is 3.98. The van der Waals surface area contributed by atoms with Gasteiger partial charge in [-0.3, -0.25) is 9.69 Å². The quantitative estimate of drug-likeness (QED) is 0.309. The van der Waals surface area contributed by atoms with Gasteiger partial charge in [0.2, 0.25) is 0 Å². The molecule has 0 unspecified atom stereocenters. The number of carbonyl (C=O) groups excluding carboxylic acids is 1. The summed E-state index contributed by atoms with van der Waals surface area (Å²) >= 11 is 12.6. The zero-order chi connectivity index (χ0) is 18.8. The summed E-state index contributed by atoms with van der Waals surface area (Å²) in [7, 11) is 0. The number of nitrogens with zero attached hydrogens (tertiary/aromatic N) is 4. The van der Waals surface area contributed by atoms with Gasteiger partial charge in [-0.1, -0.05) is 29.0 Å². The van der Waals surface area contributed by atoms with Crippen molar-refractivity contribution >= 4 is 83.9 Å². The lowest BCUT2D eigenvalue weighted by molar-refractivity contribution is 0.0990. The molecule has 3 heterocycles. The van der Waals surface area contributed by atoms with Gasteiger partial charge in [-0.15, -0.1) is 23.7 Å². The van der Waals surface area contributed by atoms with E-state index < -0.39 is 0 Å². The molecule has 146 valence electrons. The largest absolute Gasteiger partial charge is 0.337 e. The molecule has 1 amide bonds. The van der Waals surface area contributed by atoms with Crippen LogP contribution in [0, 0.1) is 0 Å². The molecular formula is C18H15BrCl2N4OS2. The SMILES string of the molecule is Cl.O=C(c1ccc(Br)s1)N(CCCn1ccnc1)c1nc2c(Cl)cccc2s1. The average molecular weight is 518 g/mol. The smallest absolute Gasteiger partial charge is 0.270 e. The number of hydrogen-bond donors (Lipinski definition) is 0. The van der Waals surface area contributed by atoms with E-state index in [2.05, 4.69) is 25.9 Å². The summed E-state index contributed by atoms with van der Waals surface area (Å²) in [6.07, 6.45) is 6.24. The number of para-hydroxylation sites is 1. The van der Waals surface area contributed by atoms with E-state index in [1.807, 2.05) is 41.1 Å². The molecule has 10 heteroatoms. The van der Waals surface area contributed by atoms with E-state index in [-0.39, 0.29) is 18.3 Å². The summed E-state index contributed by atoms with van der Waals surface area (Å²) in [5.74, 6) is -0.0495. The number of aryl methyl sites for hydroxylation is 1. The van der Waals surface area contributed by atoms with Gasteiger partial charge in [0.15, 0.2) is 5.13 Å². The van der Waals surface area contributed by atoms with Gasteiger partial charge >= 0.3 is 0 Å². The molecule has 0 fully saturated rings. The highest BCUT2D eigenvalue weighted by molar-refractivity contribution is 9.11. The Morgan fingerprint density at radius 3 is 2.79 bits per heavy atom. The fourth-order valence-corrected chi connectivity index (χ4v) is 5.32. The summed E-state index contributed by atoms with van der Waals surface area (Å²) in [4.78, 5) is 24.3. The van der Waals surface area contributed by atoms with Gasteiger partial charge in [-0.25, -0.2) is 9.97 Å². The van der Waals surface area contributed by atoms with Crippen LogP contribution in [0.4, 0.5) is 5.13 Å². The van der Waals surface area contributed by atoms with Crippen molar-refractivity contribution in [1.29, 1.82) is 0 Å². The van der Waals surface area contributed by atoms with E-state index in [0.29, 0.717) is 21.6 Å². The van der Waals surface area contributed by atoms with E-state index in [9.17, 15) is 4.79 Å². The number of imidazole rings is 1. The normalized spacial score (nSPS) is 10.8. The molecule has 1 aromatic carbocycles. The van der Waals surface area contributed by atoms with Crippen molar-refractivity contribution in [3.05, 3.63) is 62.7 Å². The van der Waals surface area contributed by atoms with Crippen molar-refractivity contribution in [2.45, 2.75) is 13.0 Å². The van der Waals surface area contributed by atoms with E-state index in [0.717, 1.165) is 27.0 Å². The molecule has 0 atom stereocenters. The molecule has 0 spiro atoms. The van der Waals surface area contributed by atoms with Gasteiger partial charge in [0, 0.05) is 25.5 Å². The summed E-state index contributed by atoms with van der Waals surface area (Å²) in [6.45, 7) is 1.34. The predicted molar refractivity (Wildman–Crippen MR) is 122 cm³/mol. The molecule has 28 heavy (non-hydrogen) atoms. The first kappa shape index (κ1) is 21.3. The van der Waals surface area contributed by atoms with E-state index in [4.69, 9.17) is 11.6 Å². The van der Waals surface area contributed by atoms with Gasteiger partial charge in [-0.05, 0) is 46.6 Å². The summed E-state index contributed by atoms with van der Waals surface area (Å²) in [5, 5.41) is 1.26. The fraction of sp³-hybridized carbons (Fsp3) is 0.167. The number of thiazole rings is 1. The van der Waals surface area contributed by atoms with Crippen LogP contribution in [0.3, 0.4) is 0 Å². The number of aromatic nitrogens is 3. The molecule has 0 saturated carbocycles. The molecule has 0 saturated heterocycles. The Hall–Kier alpha value is -1.45. The van der Waals surface area contributed by atoms with Crippen molar-refractivity contribution in [3.63, 3.8) is 0 Å². The molecule has 0 bridgehead atoms. The number of hydrogen-bond acceptors (Lipinski definition) is 5. The maximum Gasteiger partial charge on any atom is 0.270 e. The third kappa shape index (κ3) is 4.58. The van der Waals surface area contributed by atoms with E-state index in [1.54, 1.807) is 17.4 Å². The van der Waals surface area contributed by atoms with Crippen LogP contribution in [0.15, 0.2) is 52.8 Å². The minimum Gasteiger partial charge on any atom is -0.337 e. The van der Waals surface area contributed by atoms with Crippen LogP contribution in [0.1, 0.15) is 16.1 Å². The number of carbonyl (C=O) groups is 1. The van der Waals surface area contributed by atoms with Crippen molar-refractivity contribution < 1.29 is 4.79 Å². The van der Waals surface area contributed by atoms with Crippen molar-refractivity contribution in [1.82, 2.24) is 14.5 Å². The molecule has 0 aliphatic heterocycles. The Morgan fingerprint density at radius 2 is 2.11 bits per heavy atom. The summed E-state index contributed by atoms with van der Waals surface area (Å²) in [5.41, 5.74) is 0.735. The number of anilines is 1. The van der Waals surface area contributed by atoms with Crippen LogP contribution in [-0.2, 0) is 6.54 Å². The Kier molecular flexibility index (Phi) is 7.11. The van der Waals surface area contributed by atoms with Crippen LogP contribution in [-0.4, -0.2) is 27.0 Å². The Bertz CT molecular complexity index is 1080. The van der Waals surface area contributed by atoms with Crippen LogP contribution in [0.25, 0.3) is 10.2 Å². The Morgan fingerprint density at radius 1 is 1.25 bits per heavy atom. The van der Waals surface area contributed by atoms with Gasteiger partial charge in [0.1, 0.15) is 5.52 Å². The lowest BCUT2D eigenvalue weighted by atomic mass is 10.3. The third-order valence-corrected chi connectivity index (χ3v) is 6.94. The highest BCUT2D eigenvalue weighted by Crippen LogP contribution is 2.34. The monoisotopic (exact) mass is 516 g/mol. The van der Waals surface area contributed by atoms with Gasteiger partial charge in [0.25, 0.3) is 5.91 Å². The second-order valence-corrected chi connectivity index (χ2v) is 9.68. The molecule has 0 aliphatic rings. The standard InChI is InChI=1S/C18H14BrClN4OS2.ClH/c19-15-6-5-14(26-15)17(25)24(9-2-8-23-10-7-21-11-23)18-22-16-12(20)3-1-4-13(16)27-18;/h1,3-7,10-11H,2,8-9H2;1H. The Balaban J connectivity index is 0.00000225. The molecule has 3 aromatic heterocycles. The topological polar surface area (TPSA) is 51.0 Å². The van der Waals surface area contributed by atoms with Gasteiger partial charge in [0.05, 0.1) is 24.7 Å². The molecule has 0 aliphatic carbocycles. The second-order valence-electron chi connectivity index (χ2n) is 5.80. The first-order valence-electron chi connectivity index (χ1n) is 8.20. The number of amides is 1. The number of rotatable bonds is 6. The first-order valence-corrected chi connectivity index (χ1v) is 11.0. The second kappa shape index (κ2) is 9.37. The van der Waals surface area contributed by atoms with Crippen molar-refractivity contribution in [2.24, 2.45) is 0 Å². The maximum atomic E-state index is 13.1. The lowest BCUT2D eigenvalue weighted by Gasteiger charge is -2.19. The Labute approximate surface area is 189 Å². The minimum absolute atomic E-state index is 0. The van der Waals surface area contributed by atoms with Gasteiger partial charge < -0.3 is 4.57 Å². The van der Waals surface area contributed by atoms with Crippen LogP contribution < -0.4 is 4.90 Å². The molecule has 4 aromatic rings. The number of fused-ring (bicyclic) bond motifs is 1. The van der Waals surface area contributed by atoms with Crippen LogP contribution in [0.5, 0.6) is 0 Å². The lowest BCUT2D eigenvalue weighted by Crippen LogP contribution is -2.31. The van der Waals surface area contributed by atoms with E-state index in [1.165, 1.54) is 22.7 Å². The fourth-order valence-electron chi connectivity index (χ4n) is 2.70. The maximum absolute atomic E-state index is 13.1. The number of benzene rings is 1. The first-order chi connectivity index (χ1) is 13.1. The number of halogens is 3. The molecule has 0 N–H and O–H groups in total. The molecule has 0 radical (unpaired) electrons. The zero-order valence-electron chi connectivity index (χ0n) is 14.4. The molecule has 4 rings (SSSR count). The van der Waals surface area contributed by atoms with Gasteiger partial charge in [-0.2, -0.15) is 0 Å². The van der Waals surface area contributed by atoms with Crippen molar-refractivity contribution in [2.75, 3.05) is 11.4 Å². The van der Waals surface area contributed by atoms with Crippen molar-refractivity contribution in [3.8, 4) is 0 Å². The highest BCUT2D eigenvalue weighted by atomic mass is 79.9. The van der Waals surface area contributed by atoms with E-state index >= 15 is 0 Å². The minimum atomic E-state index is -0.0495. The summed E-state index contributed by atoms with van der Waals surface area (Å²) in [6, 6.07) is 9.40. The highest BCUT2D eigenvalue weighted by Gasteiger charge is 2.23. The average Bonchev–Trinajstić information content (AvgIpc) is 3.39. The molecular weight excluding hydrogens is 503 g/mol. The number of thiophene rings is 1. The van der Waals surface area contributed by atoms with Crippen LogP contribution in [0.2, 0.25) is 5.02 Å². The summed E-state index contributed by atoms with van der Waals surface area (Å²) < 4.78 is 3.90. The zero-order valence-corrected chi connectivity index (χ0v) is 19.2. The van der Waals surface area contributed by atoms with Crippen LogP contribution >= 0.6 is 62.6 Å². The molecule has 5 nitrogen and oxygen atoms in total.